The van der Waals surface area contributed by atoms with Gasteiger partial charge in [0, 0.05) is 12.4 Å². The van der Waals surface area contributed by atoms with Crippen LogP contribution in [0.2, 0.25) is 0 Å². The van der Waals surface area contributed by atoms with E-state index in [-0.39, 0.29) is 5.82 Å². The number of amides is 2. The van der Waals surface area contributed by atoms with E-state index in [9.17, 15) is 9.59 Å². The van der Waals surface area contributed by atoms with Gasteiger partial charge in [-0.05, 0) is 6.42 Å². The van der Waals surface area contributed by atoms with Gasteiger partial charge in [-0.15, -0.1) is 0 Å². The lowest BCUT2D eigenvalue weighted by Crippen LogP contribution is -2.43. The summed E-state index contributed by atoms with van der Waals surface area (Å²) in [5.41, 5.74) is 0. The molecular weight excluding hydrogens is 224 g/mol. The van der Waals surface area contributed by atoms with Gasteiger partial charge in [-0.2, -0.15) is 0 Å². The van der Waals surface area contributed by atoms with E-state index in [1.165, 1.54) is 18.6 Å². The Labute approximate surface area is 98.3 Å². The fraction of sp³-hybridized carbons (Fsp3) is 0.400. The molecule has 0 aliphatic carbocycles. The Morgan fingerprint density at radius 1 is 1.47 bits per heavy atom. The van der Waals surface area contributed by atoms with Gasteiger partial charge in [-0.25, -0.2) is 14.6 Å². The monoisotopic (exact) mass is 238 g/mol. The number of carboxylic acid groups (broad SMARTS) is 1. The molecule has 0 radical (unpaired) electrons. The molecule has 7 nitrogen and oxygen atoms in total. The Kier molecular flexibility index (Phi) is 4.86. The van der Waals surface area contributed by atoms with Crippen molar-refractivity contribution >= 4 is 17.8 Å². The summed E-state index contributed by atoms with van der Waals surface area (Å²) in [5, 5.41) is 13.6. The second-order valence-electron chi connectivity index (χ2n) is 3.37. The van der Waals surface area contributed by atoms with E-state index in [1.54, 1.807) is 0 Å². The van der Waals surface area contributed by atoms with E-state index in [4.69, 9.17) is 5.11 Å². The fourth-order valence-electron chi connectivity index (χ4n) is 1.22. The van der Waals surface area contributed by atoms with Crippen LogP contribution in [-0.2, 0) is 4.79 Å². The van der Waals surface area contributed by atoms with Crippen LogP contribution in [0.5, 0.6) is 0 Å². The maximum atomic E-state index is 11.4. The lowest BCUT2D eigenvalue weighted by Gasteiger charge is -2.13. The minimum absolute atomic E-state index is 0.269. The largest absolute Gasteiger partial charge is 0.480 e. The van der Waals surface area contributed by atoms with Crippen molar-refractivity contribution in [1.82, 2.24) is 15.3 Å². The van der Waals surface area contributed by atoms with Crippen molar-refractivity contribution < 1.29 is 14.7 Å². The number of carboxylic acids is 1. The summed E-state index contributed by atoms with van der Waals surface area (Å²) in [4.78, 5) is 29.9. The first kappa shape index (κ1) is 12.9. The molecule has 0 saturated heterocycles. The summed E-state index contributed by atoms with van der Waals surface area (Å²) >= 11 is 0. The van der Waals surface area contributed by atoms with Gasteiger partial charge in [0.15, 0.2) is 5.82 Å². The van der Waals surface area contributed by atoms with Gasteiger partial charge >= 0.3 is 12.0 Å². The first-order valence-corrected chi connectivity index (χ1v) is 5.19. The molecule has 1 unspecified atom stereocenters. The number of rotatable bonds is 5. The molecule has 0 fully saturated rings. The molecule has 2 amide bonds. The molecule has 0 aliphatic heterocycles. The number of carbonyl (C=O) groups excluding carboxylic acids is 1. The topological polar surface area (TPSA) is 104 Å². The van der Waals surface area contributed by atoms with Crippen LogP contribution in [0.15, 0.2) is 18.6 Å². The van der Waals surface area contributed by atoms with Crippen molar-refractivity contribution in [2.45, 2.75) is 25.8 Å². The van der Waals surface area contributed by atoms with E-state index in [0.29, 0.717) is 12.8 Å². The Bertz CT molecular complexity index is 382. The number of carbonyl (C=O) groups is 2. The van der Waals surface area contributed by atoms with E-state index >= 15 is 0 Å². The summed E-state index contributed by atoms with van der Waals surface area (Å²) < 4.78 is 0. The van der Waals surface area contributed by atoms with Crippen LogP contribution in [0.3, 0.4) is 0 Å². The van der Waals surface area contributed by atoms with Gasteiger partial charge in [0.1, 0.15) is 6.04 Å². The average molecular weight is 238 g/mol. The number of hydrogen-bond donors (Lipinski definition) is 3. The zero-order chi connectivity index (χ0) is 12.7. The molecule has 92 valence electrons. The molecule has 0 aliphatic rings. The second-order valence-corrected chi connectivity index (χ2v) is 3.37. The summed E-state index contributed by atoms with van der Waals surface area (Å²) in [6.45, 7) is 1.85. The maximum Gasteiger partial charge on any atom is 0.326 e. The molecule has 1 heterocycles. The van der Waals surface area contributed by atoms with Crippen LogP contribution in [0.4, 0.5) is 10.6 Å². The maximum absolute atomic E-state index is 11.4. The number of hydrogen-bond acceptors (Lipinski definition) is 4. The Hall–Kier alpha value is -2.18. The molecule has 3 N–H and O–H groups in total. The minimum atomic E-state index is -1.05. The van der Waals surface area contributed by atoms with Crippen molar-refractivity contribution in [2.75, 3.05) is 5.32 Å². The lowest BCUT2D eigenvalue weighted by molar-refractivity contribution is -0.139. The van der Waals surface area contributed by atoms with Crippen LogP contribution in [0.25, 0.3) is 0 Å². The van der Waals surface area contributed by atoms with Crippen LogP contribution in [0, 0.1) is 0 Å². The highest BCUT2D eigenvalue weighted by Gasteiger charge is 2.18. The van der Waals surface area contributed by atoms with Gasteiger partial charge in [-0.3, -0.25) is 10.3 Å². The quantitative estimate of drug-likeness (QED) is 0.705. The third kappa shape index (κ3) is 4.45. The molecular formula is C10H14N4O3. The highest BCUT2D eigenvalue weighted by molar-refractivity contribution is 5.91. The lowest BCUT2D eigenvalue weighted by atomic mass is 10.2. The van der Waals surface area contributed by atoms with Crippen molar-refractivity contribution in [1.29, 1.82) is 0 Å². The third-order valence-electron chi connectivity index (χ3n) is 1.99. The Morgan fingerprint density at radius 2 is 2.24 bits per heavy atom. The molecule has 0 saturated carbocycles. The number of nitrogens with one attached hydrogen (secondary N) is 2. The van der Waals surface area contributed by atoms with Crippen molar-refractivity contribution in [3.63, 3.8) is 0 Å². The molecule has 0 aromatic carbocycles. The van der Waals surface area contributed by atoms with Crippen molar-refractivity contribution in [3.8, 4) is 0 Å². The molecule has 7 heteroatoms. The zero-order valence-corrected chi connectivity index (χ0v) is 9.38. The summed E-state index contributed by atoms with van der Waals surface area (Å²) in [6, 6.07) is -1.50. The molecule has 1 aromatic rings. The smallest absolute Gasteiger partial charge is 0.326 e. The third-order valence-corrected chi connectivity index (χ3v) is 1.99. The van der Waals surface area contributed by atoms with E-state index in [2.05, 4.69) is 20.6 Å². The molecule has 0 bridgehead atoms. The highest BCUT2D eigenvalue weighted by atomic mass is 16.4. The SMILES string of the molecule is CCCC(NC(=O)Nc1cnccn1)C(=O)O. The van der Waals surface area contributed by atoms with E-state index in [0.717, 1.165) is 0 Å². The molecule has 1 atom stereocenters. The number of anilines is 1. The van der Waals surface area contributed by atoms with E-state index < -0.39 is 18.0 Å². The van der Waals surface area contributed by atoms with Crippen LogP contribution in [0.1, 0.15) is 19.8 Å². The fourth-order valence-corrected chi connectivity index (χ4v) is 1.22. The van der Waals surface area contributed by atoms with Gasteiger partial charge < -0.3 is 10.4 Å². The van der Waals surface area contributed by atoms with Crippen molar-refractivity contribution in [3.05, 3.63) is 18.6 Å². The summed E-state index contributed by atoms with van der Waals surface area (Å²) in [6.07, 6.45) is 5.32. The summed E-state index contributed by atoms with van der Waals surface area (Å²) in [5.74, 6) is -0.785. The molecule has 0 spiro atoms. The zero-order valence-electron chi connectivity index (χ0n) is 9.38. The number of aromatic nitrogens is 2. The average Bonchev–Trinajstić information content (AvgIpc) is 2.29. The normalized spacial score (nSPS) is 11.6. The van der Waals surface area contributed by atoms with Gasteiger partial charge in [0.05, 0.1) is 6.20 Å². The standard InChI is InChI=1S/C10H14N4O3/c1-2-3-7(9(15)16)13-10(17)14-8-6-11-4-5-12-8/h4-7H,2-3H2,1H3,(H,15,16)(H2,12,13,14,17). The van der Waals surface area contributed by atoms with Crippen LogP contribution in [-0.4, -0.2) is 33.1 Å². The second kappa shape index (κ2) is 6.41. The van der Waals surface area contributed by atoms with E-state index in [1.807, 2.05) is 6.92 Å². The summed E-state index contributed by atoms with van der Waals surface area (Å²) in [7, 11) is 0. The first-order chi connectivity index (χ1) is 8.13. The van der Waals surface area contributed by atoms with Crippen molar-refractivity contribution in [2.24, 2.45) is 0 Å². The molecule has 1 aromatic heterocycles. The molecule has 1 rings (SSSR count). The Balaban J connectivity index is 2.51. The predicted molar refractivity (Wildman–Crippen MR) is 60.5 cm³/mol. The van der Waals surface area contributed by atoms with Crippen LogP contribution < -0.4 is 10.6 Å². The molecule has 17 heavy (non-hydrogen) atoms. The van der Waals surface area contributed by atoms with Crippen LogP contribution >= 0.6 is 0 Å². The predicted octanol–water partition coefficient (Wildman–Crippen LogP) is 0.851. The minimum Gasteiger partial charge on any atom is -0.480 e. The number of nitrogens with zero attached hydrogens (tertiary/aromatic N) is 2. The van der Waals surface area contributed by atoms with Gasteiger partial charge in [0.2, 0.25) is 0 Å². The highest BCUT2D eigenvalue weighted by Crippen LogP contribution is 2.00. The number of urea groups is 1. The number of aliphatic carboxylic acids is 1. The Morgan fingerprint density at radius 3 is 2.76 bits per heavy atom. The van der Waals surface area contributed by atoms with Gasteiger partial charge in [0.25, 0.3) is 0 Å². The van der Waals surface area contributed by atoms with Gasteiger partial charge in [-0.1, -0.05) is 13.3 Å². The first-order valence-electron chi connectivity index (χ1n) is 5.19.